The van der Waals surface area contributed by atoms with E-state index in [1.807, 2.05) is 0 Å². The van der Waals surface area contributed by atoms with Crippen LogP contribution in [0.1, 0.15) is 20.8 Å². The first-order valence-electron chi connectivity index (χ1n) is 10.2. The maximum absolute atomic E-state index is 2.35. The second kappa shape index (κ2) is 14.3. The average Bonchev–Trinajstić information content (AvgIpc) is 2.71. The van der Waals surface area contributed by atoms with Crippen LogP contribution in [0.2, 0.25) is 29.6 Å². The molecule has 0 spiro atoms. The molecule has 3 aromatic rings. The van der Waals surface area contributed by atoms with Gasteiger partial charge in [-0.2, -0.15) is 0 Å². The molecule has 0 aliphatic rings. The molecule has 0 saturated heterocycles. The first-order valence-corrected chi connectivity index (χ1v) is 21.2. The molecule has 3 rings (SSSR count). The van der Waals surface area contributed by atoms with Gasteiger partial charge in [0.15, 0.2) is 0 Å². The molecule has 3 heteroatoms. The fourth-order valence-electron chi connectivity index (χ4n) is 2.31. The summed E-state index contributed by atoms with van der Waals surface area (Å²) in [5, 5.41) is 0.602. The second-order valence-corrected chi connectivity index (χ2v) is 20.9. The molecule has 0 bridgehead atoms. The molecular formula is C26H36GeSiSn. The van der Waals surface area contributed by atoms with Gasteiger partial charge in [-0.25, -0.2) is 0 Å². The van der Waals surface area contributed by atoms with Crippen LogP contribution in [0.25, 0.3) is 0 Å². The SMILES string of the molecule is C[Si](C)C(C)(C)C.[CH3][Ge][CH3].c1cc[c]([Sn]([c]2ccccc2)[c]2ccccc2)cc1. The molecule has 0 saturated carbocycles. The molecule has 0 atom stereocenters. The van der Waals surface area contributed by atoms with Crippen molar-refractivity contribution >= 4 is 54.7 Å². The Morgan fingerprint density at radius 2 is 0.793 bits per heavy atom. The zero-order valence-electron chi connectivity index (χ0n) is 19.2. The Kier molecular flexibility index (Phi) is 12.9. The quantitative estimate of drug-likeness (QED) is 0.365. The van der Waals surface area contributed by atoms with Crippen molar-refractivity contribution in [3.63, 3.8) is 0 Å². The van der Waals surface area contributed by atoms with Gasteiger partial charge in [-0.15, -0.1) is 0 Å². The molecule has 0 aromatic heterocycles. The van der Waals surface area contributed by atoms with E-state index in [1.54, 1.807) is 0 Å². The molecule has 0 amide bonds. The normalized spacial score (nSPS) is 10.7. The van der Waals surface area contributed by atoms with E-state index in [2.05, 4.69) is 136 Å². The minimum atomic E-state index is -1.98. The van der Waals surface area contributed by atoms with E-state index in [9.17, 15) is 0 Å². The van der Waals surface area contributed by atoms with Crippen LogP contribution >= 0.6 is 0 Å². The molecule has 0 N–H and O–H groups in total. The van der Waals surface area contributed by atoms with Crippen molar-refractivity contribution in [1.29, 1.82) is 0 Å². The predicted molar refractivity (Wildman–Crippen MR) is 139 cm³/mol. The zero-order valence-corrected chi connectivity index (χ0v) is 25.1. The Morgan fingerprint density at radius 1 is 0.586 bits per heavy atom. The molecule has 152 valence electrons. The third-order valence-corrected chi connectivity index (χ3v) is 15.5. The Morgan fingerprint density at radius 3 is 0.966 bits per heavy atom. The summed E-state index contributed by atoms with van der Waals surface area (Å²) >= 11 is -1.48. The summed E-state index contributed by atoms with van der Waals surface area (Å²) in [4.78, 5) is 0. The standard InChI is InChI=1S/C6H15Si.3C6H5.C2H6Ge.Sn/c1-6(2,3)7(4)5;3*1-2-4-6-5-3-1;1-3-2;/h1-5H3;3*1-5H;1-2H3;. The number of hydrogen-bond donors (Lipinski definition) is 0. The number of benzene rings is 3. The van der Waals surface area contributed by atoms with Crippen molar-refractivity contribution in [2.24, 2.45) is 0 Å². The summed E-state index contributed by atoms with van der Waals surface area (Å²) in [6, 6.07) is 32.9. The molecule has 0 aliphatic heterocycles. The van der Waals surface area contributed by atoms with Crippen LogP contribution in [-0.4, -0.2) is 44.0 Å². The van der Waals surface area contributed by atoms with E-state index in [4.69, 9.17) is 0 Å². The van der Waals surface area contributed by atoms with E-state index >= 15 is 0 Å². The Labute approximate surface area is 195 Å². The fourth-order valence-corrected chi connectivity index (χ4v) is 9.67. The fraction of sp³-hybridized carbons (Fsp3) is 0.308. The first-order chi connectivity index (χ1) is 13.8. The molecule has 4 radical (unpaired) electrons. The third kappa shape index (κ3) is 10.2. The summed E-state index contributed by atoms with van der Waals surface area (Å²) < 4.78 is 4.59. The number of hydrogen-bond acceptors (Lipinski definition) is 0. The molecule has 0 fully saturated rings. The first kappa shape index (κ1) is 26.3. The van der Waals surface area contributed by atoms with Gasteiger partial charge in [0.1, 0.15) is 0 Å². The monoisotopic (exact) mass is 570 g/mol. The van der Waals surface area contributed by atoms with Gasteiger partial charge < -0.3 is 0 Å². The van der Waals surface area contributed by atoms with Gasteiger partial charge >= 0.3 is 148 Å². The van der Waals surface area contributed by atoms with E-state index < -0.39 is 19.8 Å². The average molecular weight is 568 g/mol. The van der Waals surface area contributed by atoms with E-state index in [0.717, 1.165) is 0 Å². The molecule has 0 unspecified atom stereocenters. The summed E-state index contributed by atoms with van der Waals surface area (Å²) in [6.45, 7) is 11.6. The summed E-state index contributed by atoms with van der Waals surface area (Å²) in [7, 11) is -0.0502. The molecule has 0 aliphatic carbocycles. The van der Waals surface area contributed by atoms with Crippen molar-refractivity contribution in [2.75, 3.05) is 0 Å². The summed E-state index contributed by atoms with van der Waals surface area (Å²) in [5.74, 6) is 4.50. The molecule has 0 nitrogen and oxygen atoms in total. The van der Waals surface area contributed by atoms with Gasteiger partial charge in [0.25, 0.3) is 0 Å². The Hall–Kier alpha value is -0.782. The van der Waals surface area contributed by atoms with Crippen LogP contribution in [0.15, 0.2) is 91.0 Å². The van der Waals surface area contributed by atoms with Crippen LogP contribution in [0, 0.1) is 0 Å². The minimum absolute atomic E-state index is 0.0502. The molecular weight excluding hydrogens is 532 g/mol. The van der Waals surface area contributed by atoms with Crippen molar-refractivity contribution < 1.29 is 0 Å². The van der Waals surface area contributed by atoms with E-state index in [-0.39, 0.29) is 8.80 Å². The van der Waals surface area contributed by atoms with Crippen LogP contribution < -0.4 is 10.7 Å². The summed E-state index contributed by atoms with van der Waals surface area (Å²) in [6.07, 6.45) is 0. The molecule has 29 heavy (non-hydrogen) atoms. The van der Waals surface area contributed by atoms with Crippen molar-refractivity contribution in [3.8, 4) is 0 Å². The zero-order chi connectivity index (χ0) is 21.7. The van der Waals surface area contributed by atoms with Gasteiger partial charge in [0, 0.05) is 8.80 Å². The van der Waals surface area contributed by atoms with Crippen LogP contribution in [0.5, 0.6) is 0 Å². The van der Waals surface area contributed by atoms with Gasteiger partial charge in [-0.3, -0.25) is 0 Å². The Balaban J connectivity index is 0.000000355. The summed E-state index contributed by atoms with van der Waals surface area (Å²) in [5.41, 5.74) is 0. The van der Waals surface area contributed by atoms with Gasteiger partial charge in [-0.1, -0.05) is 33.9 Å². The van der Waals surface area contributed by atoms with Crippen molar-refractivity contribution in [1.82, 2.24) is 0 Å². The van der Waals surface area contributed by atoms with Crippen LogP contribution in [0.3, 0.4) is 0 Å². The number of rotatable bonds is 3. The van der Waals surface area contributed by atoms with Gasteiger partial charge in [-0.05, 0) is 5.04 Å². The molecule has 0 heterocycles. The van der Waals surface area contributed by atoms with E-state index in [1.165, 1.54) is 10.7 Å². The maximum atomic E-state index is 2.35. The topological polar surface area (TPSA) is 0 Å². The van der Waals surface area contributed by atoms with Crippen LogP contribution in [-0.2, 0) is 0 Å². The van der Waals surface area contributed by atoms with Gasteiger partial charge in [0.2, 0.25) is 0 Å². The second-order valence-electron chi connectivity index (χ2n) is 8.22. The Bertz CT molecular complexity index is 674. The van der Waals surface area contributed by atoms with Gasteiger partial charge in [0.05, 0.1) is 0 Å². The van der Waals surface area contributed by atoms with E-state index in [0.29, 0.717) is 20.5 Å². The molecule has 3 aromatic carbocycles. The van der Waals surface area contributed by atoms with Crippen molar-refractivity contribution in [2.45, 2.75) is 50.4 Å². The third-order valence-electron chi connectivity index (χ3n) is 4.69. The van der Waals surface area contributed by atoms with Crippen LogP contribution in [0.4, 0.5) is 0 Å². The predicted octanol–water partition coefficient (Wildman–Crippen LogP) is 5.53. The van der Waals surface area contributed by atoms with Crippen molar-refractivity contribution in [3.05, 3.63) is 91.0 Å².